The van der Waals surface area contributed by atoms with Crippen molar-refractivity contribution in [3.05, 3.63) is 29.8 Å². The molecule has 0 radical (unpaired) electrons. The number of rotatable bonds is 8. The van der Waals surface area contributed by atoms with Crippen LogP contribution in [0.2, 0.25) is 0 Å². The van der Waals surface area contributed by atoms with E-state index in [1.54, 1.807) is 19.1 Å². The number of alkyl halides is 3. The van der Waals surface area contributed by atoms with Crippen molar-refractivity contribution in [1.82, 2.24) is 3.82 Å². The van der Waals surface area contributed by atoms with E-state index in [-0.39, 0.29) is 21.9 Å². The topological polar surface area (TPSA) is 72.9 Å². The SMILES string of the molecule is CCOP(=O)(OCC)C(N(Cl)S(=O)(=O)c1ccc(C)cc1)C(Cl)(Cl)Cl. The fourth-order valence-electron chi connectivity index (χ4n) is 1.89. The first-order valence-electron chi connectivity index (χ1n) is 7.12. The Hall–Kier alpha value is 0.440. The Labute approximate surface area is 168 Å². The van der Waals surface area contributed by atoms with Gasteiger partial charge in [0, 0.05) is 0 Å². The van der Waals surface area contributed by atoms with E-state index in [1.807, 2.05) is 0 Å². The fraction of sp³-hybridized carbons (Fsp3) is 0.538. The van der Waals surface area contributed by atoms with Crippen LogP contribution in [0.1, 0.15) is 19.4 Å². The summed E-state index contributed by atoms with van der Waals surface area (Å²) in [5.74, 6) is -1.89. The van der Waals surface area contributed by atoms with E-state index in [0.29, 0.717) is 0 Å². The van der Waals surface area contributed by atoms with E-state index >= 15 is 0 Å². The fourth-order valence-corrected chi connectivity index (χ4v) is 7.76. The lowest BCUT2D eigenvalue weighted by Crippen LogP contribution is -2.42. The second kappa shape index (κ2) is 9.09. The van der Waals surface area contributed by atoms with Crippen molar-refractivity contribution in [2.45, 2.75) is 35.2 Å². The summed E-state index contributed by atoms with van der Waals surface area (Å²) in [6.07, 6.45) is 0. The maximum atomic E-state index is 13.0. The predicted molar refractivity (Wildman–Crippen MR) is 101 cm³/mol. The van der Waals surface area contributed by atoms with Gasteiger partial charge >= 0.3 is 7.60 Å². The zero-order chi connectivity index (χ0) is 19.5. The summed E-state index contributed by atoms with van der Waals surface area (Å²) < 4.78 is 46.7. The monoisotopic (exact) mass is 471 g/mol. The van der Waals surface area contributed by atoms with Crippen molar-refractivity contribution in [2.24, 2.45) is 0 Å². The van der Waals surface area contributed by atoms with Crippen molar-refractivity contribution >= 4 is 64.2 Å². The maximum absolute atomic E-state index is 13.0. The summed E-state index contributed by atoms with van der Waals surface area (Å²) in [4.78, 5) is -0.160. The van der Waals surface area contributed by atoms with Gasteiger partial charge in [0.05, 0.1) is 18.1 Å². The highest BCUT2D eigenvalue weighted by Crippen LogP contribution is 2.62. The number of aryl methyl sites for hydroxylation is 1. The Bertz CT molecular complexity index is 713. The Morgan fingerprint density at radius 3 is 1.92 bits per heavy atom. The zero-order valence-electron chi connectivity index (χ0n) is 13.7. The number of hydrogen-bond acceptors (Lipinski definition) is 5. The molecule has 0 aliphatic heterocycles. The van der Waals surface area contributed by atoms with Crippen LogP contribution in [0.3, 0.4) is 0 Å². The van der Waals surface area contributed by atoms with Crippen LogP contribution in [-0.4, -0.2) is 35.0 Å². The molecule has 12 heteroatoms. The van der Waals surface area contributed by atoms with Gasteiger partial charge in [-0.3, -0.25) is 4.57 Å². The lowest BCUT2D eigenvalue weighted by atomic mass is 10.2. The quantitative estimate of drug-likeness (QED) is 0.299. The molecule has 0 heterocycles. The number of sulfonamides is 1. The molecular weight excluding hydrogens is 455 g/mol. The van der Waals surface area contributed by atoms with Crippen LogP contribution in [-0.2, 0) is 23.6 Å². The van der Waals surface area contributed by atoms with Crippen LogP contribution in [0.25, 0.3) is 0 Å². The molecule has 1 aromatic carbocycles. The van der Waals surface area contributed by atoms with Crippen molar-refractivity contribution in [3.8, 4) is 0 Å². The zero-order valence-corrected chi connectivity index (χ0v) is 18.4. The lowest BCUT2D eigenvalue weighted by Gasteiger charge is -2.34. The summed E-state index contributed by atoms with van der Waals surface area (Å²) in [5, 5.41) is 0. The summed E-state index contributed by atoms with van der Waals surface area (Å²) in [5.41, 5.74) is 0.840. The van der Waals surface area contributed by atoms with Gasteiger partial charge in [-0.2, -0.15) is 0 Å². The smallest absolute Gasteiger partial charge is 0.308 e. The maximum Gasteiger partial charge on any atom is 0.354 e. The highest BCUT2D eigenvalue weighted by atomic mass is 35.6. The largest absolute Gasteiger partial charge is 0.354 e. The van der Waals surface area contributed by atoms with E-state index < -0.39 is 27.2 Å². The van der Waals surface area contributed by atoms with Gasteiger partial charge in [-0.15, -0.1) is 0 Å². The molecule has 0 spiro atoms. The predicted octanol–water partition coefficient (Wildman–Crippen LogP) is 5.10. The van der Waals surface area contributed by atoms with E-state index in [1.165, 1.54) is 26.0 Å². The highest BCUT2D eigenvalue weighted by Gasteiger charge is 2.55. The van der Waals surface area contributed by atoms with Gasteiger partial charge in [-0.05, 0) is 44.7 Å². The lowest BCUT2D eigenvalue weighted by molar-refractivity contribution is 0.203. The molecule has 0 saturated carbocycles. The van der Waals surface area contributed by atoms with E-state index in [0.717, 1.165) is 5.56 Å². The third-order valence-corrected chi connectivity index (χ3v) is 9.05. The summed E-state index contributed by atoms with van der Waals surface area (Å²) >= 11 is 23.6. The first-order valence-corrected chi connectivity index (χ1v) is 11.6. The van der Waals surface area contributed by atoms with E-state index in [9.17, 15) is 13.0 Å². The highest BCUT2D eigenvalue weighted by molar-refractivity contribution is 7.90. The molecule has 0 bridgehead atoms. The average Bonchev–Trinajstić information content (AvgIpc) is 2.46. The van der Waals surface area contributed by atoms with Crippen LogP contribution in [0.15, 0.2) is 29.2 Å². The number of halogens is 4. The Morgan fingerprint density at radius 1 is 1.12 bits per heavy atom. The van der Waals surface area contributed by atoms with Crippen LogP contribution in [0, 0.1) is 6.92 Å². The third-order valence-electron chi connectivity index (χ3n) is 2.95. The summed E-state index contributed by atoms with van der Waals surface area (Å²) in [6, 6.07) is 5.82. The van der Waals surface area contributed by atoms with E-state index in [2.05, 4.69) is 0 Å². The Kier molecular flexibility index (Phi) is 8.53. The molecule has 25 heavy (non-hydrogen) atoms. The number of benzene rings is 1. The molecule has 0 aromatic heterocycles. The molecule has 144 valence electrons. The molecular formula is C13H18Cl4NO5PS. The summed E-state index contributed by atoms with van der Waals surface area (Å²) in [7, 11) is -8.56. The number of hydrogen-bond donors (Lipinski definition) is 0. The molecule has 0 aliphatic carbocycles. The minimum Gasteiger partial charge on any atom is -0.308 e. The Balaban J connectivity index is 3.45. The molecule has 0 fully saturated rings. The van der Waals surface area contributed by atoms with Gasteiger partial charge in [0.15, 0.2) is 5.78 Å². The minimum absolute atomic E-state index is 0.0656. The molecule has 6 nitrogen and oxygen atoms in total. The average molecular weight is 473 g/mol. The Morgan fingerprint density at radius 2 is 1.56 bits per heavy atom. The molecule has 1 rings (SSSR count). The molecule has 0 amide bonds. The van der Waals surface area contributed by atoms with Gasteiger partial charge in [0.2, 0.25) is 3.79 Å². The van der Waals surface area contributed by atoms with E-state index in [4.69, 9.17) is 55.6 Å². The first-order chi connectivity index (χ1) is 11.4. The van der Waals surface area contributed by atoms with Crippen LogP contribution < -0.4 is 0 Å². The van der Waals surface area contributed by atoms with Crippen molar-refractivity contribution in [3.63, 3.8) is 0 Å². The number of nitrogens with zero attached hydrogens (tertiary/aromatic N) is 1. The molecule has 0 saturated heterocycles. The van der Waals surface area contributed by atoms with Gasteiger partial charge < -0.3 is 9.05 Å². The second-order valence-corrected chi connectivity index (χ2v) is 11.7. The summed E-state index contributed by atoms with van der Waals surface area (Å²) in [6.45, 7) is 4.73. The third kappa shape index (κ3) is 5.71. The van der Waals surface area contributed by atoms with Crippen molar-refractivity contribution < 1.29 is 22.0 Å². The first kappa shape index (κ1) is 23.5. The standard InChI is InChI=1S/C13H18Cl4NO5PS/c1-4-22-24(19,23-5-2)12(13(14,15)16)18(17)25(20,21)11-8-6-10(3)7-9-11/h6-9,12H,4-5H2,1-3H3. The molecule has 0 aliphatic rings. The molecule has 1 unspecified atom stereocenters. The molecule has 1 aromatic rings. The second-order valence-electron chi connectivity index (χ2n) is 4.85. The minimum atomic E-state index is -4.34. The van der Waals surface area contributed by atoms with Crippen molar-refractivity contribution in [1.29, 1.82) is 0 Å². The normalized spacial score (nSPS) is 14.7. The van der Waals surface area contributed by atoms with Gasteiger partial charge in [-0.1, -0.05) is 56.3 Å². The van der Waals surface area contributed by atoms with Crippen LogP contribution >= 0.6 is 54.2 Å². The van der Waals surface area contributed by atoms with Crippen LogP contribution in [0.5, 0.6) is 0 Å². The van der Waals surface area contributed by atoms with Gasteiger partial charge in [0.1, 0.15) is 0 Å². The van der Waals surface area contributed by atoms with Gasteiger partial charge in [0.25, 0.3) is 10.0 Å². The van der Waals surface area contributed by atoms with Gasteiger partial charge in [-0.25, -0.2) is 8.42 Å². The molecule has 1 atom stereocenters. The molecule has 0 N–H and O–H groups in total. The van der Waals surface area contributed by atoms with Crippen LogP contribution in [0.4, 0.5) is 0 Å². The van der Waals surface area contributed by atoms with Crippen molar-refractivity contribution in [2.75, 3.05) is 13.2 Å².